The first-order valence-corrected chi connectivity index (χ1v) is 9.27. The van der Waals surface area contributed by atoms with E-state index in [2.05, 4.69) is 15.9 Å². The van der Waals surface area contributed by atoms with Gasteiger partial charge in [0.1, 0.15) is 5.76 Å². The van der Waals surface area contributed by atoms with Crippen molar-refractivity contribution in [2.24, 2.45) is 0 Å². The molecule has 146 valence electrons. The van der Waals surface area contributed by atoms with E-state index in [1.54, 1.807) is 25.2 Å². The average Bonchev–Trinajstić information content (AvgIpc) is 3.05. The first-order chi connectivity index (χ1) is 12.7. The van der Waals surface area contributed by atoms with E-state index < -0.39 is 17.2 Å². The summed E-state index contributed by atoms with van der Waals surface area (Å²) >= 11 is 3.22. The quantitative estimate of drug-likeness (QED) is 0.680. The maximum atomic E-state index is 13.3. The van der Waals surface area contributed by atoms with Crippen molar-refractivity contribution in [2.75, 3.05) is 20.3 Å². The van der Waals surface area contributed by atoms with Crippen LogP contribution in [-0.4, -0.2) is 31.1 Å². The van der Waals surface area contributed by atoms with Gasteiger partial charge in [-0.1, -0.05) is 18.2 Å². The van der Waals surface area contributed by atoms with E-state index >= 15 is 0 Å². The zero-order valence-corrected chi connectivity index (χ0v) is 16.3. The minimum absolute atomic E-state index is 0.228. The fraction of sp³-hybridized carbons (Fsp3) is 0.421. The van der Waals surface area contributed by atoms with Crippen LogP contribution in [0.25, 0.3) is 0 Å². The Morgan fingerprint density at radius 1 is 1.22 bits per heavy atom. The molecule has 1 aliphatic heterocycles. The van der Waals surface area contributed by atoms with Crippen LogP contribution in [0.3, 0.4) is 0 Å². The molecule has 1 aromatic heterocycles. The lowest BCUT2D eigenvalue weighted by Gasteiger charge is -2.39. The molecule has 8 heteroatoms. The molecular weight excluding hydrogens is 427 g/mol. The maximum Gasteiger partial charge on any atom is 0.416 e. The predicted octanol–water partition coefficient (Wildman–Crippen LogP) is 4.77. The number of furan rings is 1. The molecule has 0 unspecified atom stereocenters. The zero-order valence-electron chi connectivity index (χ0n) is 14.7. The van der Waals surface area contributed by atoms with Crippen LogP contribution in [-0.2, 0) is 27.7 Å². The lowest BCUT2D eigenvalue weighted by molar-refractivity contribution is -0.142. The summed E-state index contributed by atoms with van der Waals surface area (Å²) in [4.78, 5) is 14.8. The zero-order chi connectivity index (χ0) is 19.7. The molecule has 1 amide bonds. The van der Waals surface area contributed by atoms with Gasteiger partial charge in [-0.05, 0) is 52.5 Å². The molecule has 0 N–H and O–H groups in total. The van der Waals surface area contributed by atoms with Crippen molar-refractivity contribution in [3.05, 3.63) is 58.0 Å². The lowest BCUT2D eigenvalue weighted by atomic mass is 9.72. The highest BCUT2D eigenvalue weighted by Gasteiger charge is 2.44. The van der Waals surface area contributed by atoms with Crippen LogP contribution in [0.15, 0.2) is 45.5 Å². The van der Waals surface area contributed by atoms with Crippen LogP contribution in [0, 0.1) is 0 Å². The van der Waals surface area contributed by atoms with Crippen LogP contribution in [0.1, 0.15) is 29.7 Å². The number of halogens is 4. The molecule has 0 atom stereocenters. The summed E-state index contributed by atoms with van der Waals surface area (Å²) < 4.78 is 50.9. The van der Waals surface area contributed by atoms with Crippen molar-refractivity contribution in [3.63, 3.8) is 0 Å². The summed E-state index contributed by atoms with van der Waals surface area (Å²) in [5.74, 6) is 0.349. The fourth-order valence-electron chi connectivity index (χ4n) is 3.45. The van der Waals surface area contributed by atoms with E-state index in [4.69, 9.17) is 9.15 Å². The minimum Gasteiger partial charge on any atom is -0.452 e. The number of alkyl halides is 3. The highest BCUT2D eigenvalue weighted by Crippen LogP contribution is 2.39. The van der Waals surface area contributed by atoms with E-state index in [0.717, 1.165) is 12.1 Å². The van der Waals surface area contributed by atoms with Gasteiger partial charge in [0, 0.05) is 20.3 Å². The molecule has 27 heavy (non-hydrogen) atoms. The van der Waals surface area contributed by atoms with Gasteiger partial charge in [-0.2, -0.15) is 13.2 Å². The number of amides is 1. The third-order valence-electron chi connectivity index (χ3n) is 4.87. The molecular formula is C19H19BrF3NO3. The number of ether oxygens (including phenoxy) is 1. The molecule has 1 aliphatic rings. The third-order valence-corrected chi connectivity index (χ3v) is 5.29. The molecule has 2 aromatic rings. The second-order valence-corrected chi connectivity index (χ2v) is 7.42. The first-order valence-electron chi connectivity index (χ1n) is 8.48. The highest BCUT2D eigenvalue weighted by molar-refractivity contribution is 9.10. The Morgan fingerprint density at radius 2 is 1.93 bits per heavy atom. The largest absolute Gasteiger partial charge is 0.452 e. The number of rotatable bonds is 4. The van der Waals surface area contributed by atoms with Crippen molar-refractivity contribution in [1.29, 1.82) is 0 Å². The normalized spacial score (nSPS) is 16.9. The number of carbonyl (C=O) groups is 1. The first kappa shape index (κ1) is 19.9. The molecule has 2 heterocycles. The number of nitrogens with zero attached hydrogens (tertiary/aromatic N) is 1. The number of likely N-dealkylation sites (N-methyl/N-ethyl adjacent to an activating group) is 1. The number of hydrogen-bond donors (Lipinski definition) is 0. The van der Waals surface area contributed by atoms with E-state index in [-0.39, 0.29) is 12.5 Å². The van der Waals surface area contributed by atoms with E-state index in [1.165, 1.54) is 11.0 Å². The van der Waals surface area contributed by atoms with Gasteiger partial charge < -0.3 is 14.1 Å². The van der Waals surface area contributed by atoms with Crippen LogP contribution < -0.4 is 0 Å². The van der Waals surface area contributed by atoms with Crippen molar-refractivity contribution >= 4 is 21.8 Å². The van der Waals surface area contributed by atoms with E-state index in [0.29, 0.717) is 42.0 Å². The molecule has 0 spiro atoms. The molecule has 1 aromatic carbocycles. The molecule has 0 aliphatic carbocycles. The Bertz CT molecular complexity index is 813. The second-order valence-electron chi connectivity index (χ2n) is 6.64. The number of carbonyl (C=O) groups excluding carboxylic acids is 1. The molecule has 0 saturated carbocycles. The van der Waals surface area contributed by atoms with Gasteiger partial charge in [-0.15, -0.1) is 0 Å². The highest BCUT2D eigenvalue weighted by atomic mass is 79.9. The van der Waals surface area contributed by atoms with Gasteiger partial charge >= 0.3 is 6.18 Å². The SMILES string of the molecule is CN(Cc1ccc(Br)o1)C(=O)C1(c2cccc(C(F)(F)F)c2)CCOCC1. The minimum atomic E-state index is -4.46. The molecule has 4 nitrogen and oxygen atoms in total. The Labute approximate surface area is 163 Å². The lowest BCUT2D eigenvalue weighted by Crippen LogP contribution is -2.48. The van der Waals surface area contributed by atoms with Gasteiger partial charge in [-0.3, -0.25) is 4.79 Å². The molecule has 3 rings (SSSR count). The van der Waals surface area contributed by atoms with E-state index in [9.17, 15) is 18.0 Å². The van der Waals surface area contributed by atoms with Crippen molar-refractivity contribution in [3.8, 4) is 0 Å². The summed E-state index contributed by atoms with van der Waals surface area (Å²) in [5, 5.41) is 0. The van der Waals surface area contributed by atoms with Crippen LogP contribution in [0.4, 0.5) is 13.2 Å². The molecule has 0 bridgehead atoms. The van der Waals surface area contributed by atoms with Crippen LogP contribution >= 0.6 is 15.9 Å². The molecule has 1 fully saturated rings. The number of benzene rings is 1. The van der Waals surface area contributed by atoms with Gasteiger partial charge in [0.15, 0.2) is 4.67 Å². The summed E-state index contributed by atoms with van der Waals surface area (Å²) in [5.41, 5.74) is -1.42. The average molecular weight is 446 g/mol. The standard InChI is InChI=1S/C19H19BrF3NO3/c1-24(12-15-5-6-16(20)27-15)17(25)18(7-9-26-10-8-18)13-3-2-4-14(11-13)19(21,22)23/h2-6,11H,7-10,12H2,1H3. The summed E-state index contributed by atoms with van der Waals surface area (Å²) in [6.07, 6.45) is -3.80. The third kappa shape index (κ3) is 4.21. The van der Waals surface area contributed by atoms with Crippen molar-refractivity contribution < 1.29 is 27.1 Å². The predicted molar refractivity (Wildman–Crippen MR) is 96.1 cm³/mol. The summed E-state index contributed by atoms with van der Waals surface area (Å²) in [7, 11) is 1.63. The fourth-order valence-corrected chi connectivity index (χ4v) is 3.79. The van der Waals surface area contributed by atoms with Gasteiger partial charge in [0.25, 0.3) is 0 Å². The van der Waals surface area contributed by atoms with Crippen LogP contribution in [0.2, 0.25) is 0 Å². The van der Waals surface area contributed by atoms with E-state index in [1.807, 2.05) is 0 Å². The summed E-state index contributed by atoms with van der Waals surface area (Å²) in [6, 6.07) is 8.52. The summed E-state index contributed by atoms with van der Waals surface area (Å²) in [6.45, 7) is 0.871. The topological polar surface area (TPSA) is 42.7 Å². The van der Waals surface area contributed by atoms with Gasteiger partial charge in [-0.25, -0.2) is 0 Å². The Morgan fingerprint density at radius 3 is 2.52 bits per heavy atom. The monoisotopic (exact) mass is 445 g/mol. The van der Waals surface area contributed by atoms with Gasteiger partial charge in [0.2, 0.25) is 5.91 Å². The second kappa shape index (κ2) is 7.67. The Hall–Kier alpha value is -1.80. The van der Waals surface area contributed by atoms with Crippen molar-refractivity contribution in [1.82, 2.24) is 4.90 Å². The van der Waals surface area contributed by atoms with Gasteiger partial charge in [0.05, 0.1) is 17.5 Å². The van der Waals surface area contributed by atoms with Crippen molar-refractivity contribution in [2.45, 2.75) is 31.0 Å². The molecule has 1 saturated heterocycles. The number of hydrogen-bond acceptors (Lipinski definition) is 3. The molecule has 0 radical (unpaired) electrons. The maximum absolute atomic E-state index is 13.3. The smallest absolute Gasteiger partial charge is 0.416 e. The Balaban J connectivity index is 1.94. The Kier molecular flexibility index (Phi) is 5.67. The van der Waals surface area contributed by atoms with Crippen LogP contribution in [0.5, 0.6) is 0 Å².